The number of hydrazine groups is 1. The van der Waals surface area contributed by atoms with Crippen LogP contribution in [0.5, 0.6) is 0 Å². The Bertz CT molecular complexity index is 942. The van der Waals surface area contributed by atoms with E-state index >= 15 is 0 Å². The number of carbonyl (C=O) groups is 3. The first-order chi connectivity index (χ1) is 14.5. The number of ether oxygens (including phenoxy) is 1. The lowest BCUT2D eigenvalue weighted by Crippen LogP contribution is -2.54. The Morgan fingerprint density at radius 3 is 2.50 bits per heavy atom. The molecule has 30 heavy (non-hydrogen) atoms. The fourth-order valence-electron chi connectivity index (χ4n) is 3.25. The van der Waals surface area contributed by atoms with Crippen LogP contribution in [-0.4, -0.2) is 48.5 Å². The summed E-state index contributed by atoms with van der Waals surface area (Å²) < 4.78 is 10.0. The average Bonchev–Trinajstić information content (AvgIpc) is 3.24. The Kier molecular flexibility index (Phi) is 6.83. The van der Waals surface area contributed by atoms with E-state index in [0.29, 0.717) is 31.6 Å². The predicted octanol–water partition coefficient (Wildman–Crippen LogP) is 1.86. The quantitative estimate of drug-likeness (QED) is 0.723. The van der Waals surface area contributed by atoms with Crippen molar-refractivity contribution in [2.24, 2.45) is 0 Å². The number of piperidine rings is 1. The molecule has 9 heteroatoms. The maximum absolute atomic E-state index is 12.7. The SMILES string of the molecule is CC(=O)OCC(=O)N(c1ccccc1)N1CCC(NC(=O)c2ccc(C#N)o2)CC1. The fourth-order valence-corrected chi connectivity index (χ4v) is 3.25. The summed E-state index contributed by atoms with van der Waals surface area (Å²) in [5.41, 5.74) is 0.678. The number of anilines is 1. The highest BCUT2D eigenvalue weighted by atomic mass is 16.5. The second-order valence-corrected chi connectivity index (χ2v) is 6.80. The number of hydrogen-bond acceptors (Lipinski definition) is 7. The molecule has 1 aromatic heterocycles. The van der Waals surface area contributed by atoms with Crippen molar-refractivity contribution >= 4 is 23.5 Å². The summed E-state index contributed by atoms with van der Waals surface area (Å²) in [5, 5.41) is 15.1. The summed E-state index contributed by atoms with van der Waals surface area (Å²) in [5.74, 6) is -1.06. The zero-order valence-corrected chi connectivity index (χ0v) is 16.5. The Balaban J connectivity index is 1.62. The van der Waals surface area contributed by atoms with E-state index in [-0.39, 0.29) is 36.0 Å². The molecule has 1 N–H and O–H groups in total. The zero-order valence-electron chi connectivity index (χ0n) is 16.5. The van der Waals surface area contributed by atoms with Gasteiger partial charge in [0.15, 0.2) is 12.4 Å². The highest BCUT2D eigenvalue weighted by Crippen LogP contribution is 2.21. The molecule has 2 amide bonds. The summed E-state index contributed by atoms with van der Waals surface area (Å²) in [4.78, 5) is 36.1. The number of nitrogens with one attached hydrogen (secondary N) is 1. The van der Waals surface area contributed by atoms with E-state index in [1.807, 2.05) is 41.4 Å². The lowest BCUT2D eigenvalue weighted by molar-refractivity contribution is -0.146. The van der Waals surface area contributed by atoms with Crippen LogP contribution >= 0.6 is 0 Å². The fraction of sp³-hybridized carbons (Fsp3) is 0.333. The Morgan fingerprint density at radius 2 is 1.90 bits per heavy atom. The normalized spacial score (nSPS) is 14.5. The molecule has 0 spiro atoms. The summed E-state index contributed by atoms with van der Waals surface area (Å²) in [6, 6.07) is 13.8. The molecular weight excluding hydrogens is 388 g/mol. The van der Waals surface area contributed by atoms with Crippen LogP contribution in [0.3, 0.4) is 0 Å². The Hall–Kier alpha value is -3.64. The minimum atomic E-state index is -0.518. The van der Waals surface area contributed by atoms with Gasteiger partial charge in [-0.2, -0.15) is 5.26 Å². The number of nitrogens with zero attached hydrogens (tertiary/aromatic N) is 3. The van der Waals surface area contributed by atoms with Gasteiger partial charge in [0.05, 0.1) is 5.69 Å². The lowest BCUT2D eigenvalue weighted by Gasteiger charge is -2.39. The molecule has 2 aromatic rings. The largest absolute Gasteiger partial charge is 0.456 e. The molecule has 0 saturated carbocycles. The summed E-state index contributed by atoms with van der Waals surface area (Å²) >= 11 is 0. The predicted molar refractivity (Wildman–Crippen MR) is 106 cm³/mol. The van der Waals surface area contributed by atoms with Crippen molar-refractivity contribution in [3.63, 3.8) is 0 Å². The molecular formula is C21H22N4O5. The molecule has 0 radical (unpaired) electrons. The lowest BCUT2D eigenvalue weighted by atomic mass is 10.1. The Morgan fingerprint density at radius 1 is 1.20 bits per heavy atom. The third-order valence-electron chi connectivity index (χ3n) is 4.67. The first-order valence-electron chi connectivity index (χ1n) is 9.55. The molecule has 1 aromatic carbocycles. The first-order valence-corrected chi connectivity index (χ1v) is 9.55. The van der Waals surface area contributed by atoms with Gasteiger partial charge in [-0.15, -0.1) is 0 Å². The smallest absolute Gasteiger partial charge is 0.303 e. The molecule has 1 aliphatic rings. The van der Waals surface area contributed by atoms with Gasteiger partial charge in [0, 0.05) is 26.1 Å². The molecule has 1 saturated heterocycles. The van der Waals surface area contributed by atoms with E-state index in [9.17, 15) is 14.4 Å². The van der Waals surface area contributed by atoms with Crippen molar-refractivity contribution in [2.45, 2.75) is 25.8 Å². The number of furan rings is 1. The molecule has 3 rings (SSSR count). The summed E-state index contributed by atoms with van der Waals surface area (Å²) in [7, 11) is 0. The number of nitriles is 1. The van der Waals surface area contributed by atoms with Gasteiger partial charge in [0.1, 0.15) is 6.07 Å². The van der Waals surface area contributed by atoms with Gasteiger partial charge in [0.2, 0.25) is 5.76 Å². The highest BCUT2D eigenvalue weighted by Gasteiger charge is 2.29. The van der Waals surface area contributed by atoms with Crippen LogP contribution in [-0.2, 0) is 14.3 Å². The van der Waals surface area contributed by atoms with Gasteiger partial charge in [-0.05, 0) is 37.1 Å². The van der Waals surface area contributed by atoms with E-state index in [4.69, 9.17) is 14.4 Å². The van der Waals surface area contributed by atoms with Crippen LogP contribution in [0.2, 0.25) is 0 Å². The van der Waals surface area contributed by atoms with E-state index in [1.165, 1.54) is 24.1 Å². The van der Waals surface area contributed by atoms with Gasteiger partial charge in [-0.1, -0.05) is 18.2 Å². The molecule has 0 unspecified atom stereocenters. The molecule has 1 fully saturated rings. The standard InChI is InChI=1S/C21H22N4O5/c1-15(26)29-14-20(27)25(17-5-3-2-4-6-17)24-11-9-16(10-12-24)23-21(28)19-8-7-18(13-22)30-19/h2-8,16H,9-12,14H2,1H3,(H,23,28). The van der Waals surface area contributed by atoms with Crippen LogP contribution in [0, 0.1) is 11.3 Å². The number of rotatable bonds is 6. The molecule has 0 atom stereocenters. The van der Waals surface area contributed by atoms with E-state index in [1.54, 1.807) is 0 Å². The molecule has 2 heterocycles. The van der Waals surface area contributed by atoms with Crippen LogP contribution in [0.1, 0.15) is 36.1 Å². The van der Waals surface area contributed by atoms with Gasteiger partial charge >= 0.3 is 5.97 Å². The van der Waals surface area contributed by atoms with Crippen LogP contribution in [0.4, 0.5) is 5.69 Å². The monoisotopic (exact) mass is 410 g/mol. The number of para-hydroxylation sites is 1. The topological polar surface area (TPSA) is 116 Å². The van der Waals surface area contributed by atoms with Gasteiger partial charge in [-0.25, -0.2) is 10.0 Å². The number of carbonyl (C=O) groups excluding carboxylic acids is 3. The molecule has 156 valence electrons. The molecule has 0 bridgehead atoms. The van der Waals surface area contributed by atoms with E-state index < -0.39 is 5.97 Å². The number of benzene rings is 1. The first kappa shape index (κ1) is 21.1. The number of esters is 1. The molecule has 9 nitrogen and oxygen atoms in total. The summed E-state index contributed by atoms with van der Waals surface area (Å²) in [6.45, 7) is 1.95. The van der Waals surface area contributed by atoms with Crippen LogP contribution in [0.15, 0.2) is 46.9 Å². The third kappa shape index (κ3) is 5.24. The van der Waals surface area contributed by atoms with Gasteiger partial charge in [0.25, 0.3) is 11.8 Å². The van der Waals surface area contributed by atoms with Crippen molar-refractivity contribution in [3.8, 4) is 6.07 Å². The van der Waals surface area contributed by atoms with Crippen molar-refractivity contribution in [3.05, 3.63) is 54.0 Å². The van der Waals surface area contributed by atoms with Crippen LogP contribution in [0.25, 0.3) is 0 Å². The average molecular weight is 410 g/mol. The highest BCUT2D eigenvalue weighted by molar-refractivity contribution is 5.94. The minimum Gasteiger partial charge on any atom is -0.456 e. The Labute approximate surface area is 173 Å². The van der Waals surface area contributed by atoms with Gasteiger partial charge < -0.3 is 14.5 Å². The van der Waals surface area contributed by atoms with Crippen molar-refractivity contribution in [2.75, 3.05) is 24.7 Å². The van der Waals surface area contributed by atoms with E-state index in [2.05, 4.69) is 5.32 Å². The zero-order chi connectivity index (χ0) is 21.5. The minimum absolute atomic E-state index is 0.0831. The van der Waals surface area contributed by atoms with Crippen molar-refractivity contribution < 1.29 is 23.5 Å². The second kappa shape index (κ2) is 9.71. The van der Waals surface area contributed by atoms with Gasteiger partial charge in [-0.3, -0.25) is 14.4 Å². The van der Waals surface area contributed by atoms with Crippen molar-refractivity contribution in [1.82, 2.24) is 10.3 Å². The number of hydrogen-bond donors (Lipinski definition) is 1. The third-order valence-corrected chi connectivity index (χ3v) is 4.67. The van der Waals surface area contributed by atoms with Crippen LogP contribution < -0.4 is 10.3 Å². The maximum Gasteiger partial charge on any atom is 0.303 e. The summed E-state index contributed by atoms with van der Waals surface area (Å²) in [6.07, 6.45) is 1.23. The molecule has 1 aliphatic heterocycles. The molecule has 0 aliphatic carbocycles. The second-order valence-electron chi connectivity index (χ2n) is 6.80. The van der Waals surface area contributed by atoms with E-state index in [0.717, 1.165) is 0 Å². The maximum atomic E-state index is 12.7. The number of amides is 2. The van der Waals surface area contributed by atoms with Crippen molar-refractivity contribution in [1.29, 1.82) is 5.26 Å².